The van der Waals surface area contributed by atoms with Crippen LogP contribution in [-0.4, -0.2) is 9.78 Å². The molecule has 0 saturated carbocycles. The molecule has 0 bridgehead atoms. The summed E-state index contributed by atoms with van der Waals surface area (Å²) in [6.45, 7) is 5.35. The summed E-state index contributed by atoms with van der Waals surface area (Å²) in [7, 11) is 0. The molecule has 2 N–H and O–H groups in total. The van der Waals surface area contributed by atoms with E-state index in [1.165, 1.54) is 0 Å². The van der Waals surface area contributed by atoms with Crippen molar-refractivity contribution in [3.8, 4) is 11.1 Å². The molecule has 15 heavy (non-hydrogen) atoms. The van der Waals surface area contributed by atoms with Gasteiger partial charge in [-0.15, -0.1) is 0 Å². The summed E-state index contributed by atoms with van der Waals surface area (Å²) in [4.78, 5) is 0. The molecule has 4 heteroatoms. The summed E-state index contributed by atoms with van der Waals surface area (Å²) in [5.74, 6) is 0.814. The summed E-state index contributed by atoms with van der Waals surface area (Å²) >= 11 is 0. The lowest BCUT2D eigenvalue weighted by Gasteiger charge is -1.97. The molecule has 0 spiro atoms. The molecule has 0 amide bonds. The maximum Gasteiger partial charge on any atom is 0.125 e. The van der Waals surface area contributed by atoms with Crippen LogP contribution in [0.15, 0.2) is 22.9 Å². The predicted octanol–water partition coefficient (Wildman–Crippen LogP) is 1.93. The van der Waals surface area contributed by atoms with Crippen molar-refractivity contribution in [1.82, 2.24) is 9.78 Å². The smallest absolute Gasteiger partial charge is 0.125 e. The average molecular weight is 205 g/mol. The third-order valence-electron chi connectivity index (χ3n) is 2.49. The normalized spacial score (nSPS) is 10.9. The monoisotopic (exact) mass is 205 g/mol. The van der Waals surface area contributed by atoms with E-state index >= 15 is 0 Å². The van der Waals surface area contributed by atoms with E-state index in [0.29, 0.717) is 6.54 Å². The van der Waals surface area contributed by atoms with Gasteiger partial charge >= 0.3 is 0 Å². The first kappa shape index (κ1) is 9.98. The molecule has 0 aromatic carbocycles. The lowest BCUT2D eigenvalue weighted by molar-refractivity contribution is 0.513. The number of nitrogens with two attached hydrogens (primary N) is 1. The number of hydrogen-bond acceptors (Lipinski definition) is 3. The lowest BCUT2D eigenvalue weighted by atomic mass is 10.1. The number of rotatable bonds is 3. The molecule has 4 nitrogen and oxygen atoms in total. The Morgan fingerprint density at radius 3 is 2.87 bits per heavy atom. The zero-order valence-electron chi connectivity index (χ0n) is 9.03. The molecule has 0 radical (unpaired) electrons. The molecule has 2 aromatic rings. The van der Waals surface area contributed by atoms with Crippen molar-refractivity contribution in [3.63, 3.8) is 0 Å². The maximum atomic E-state index is 5.60. The molecule has 2 heterocycles. The van der Waals surface area contributed by atoms with Crippen LogP contribution in [0.2, 0.25) is 0 Å². The maximum absolute atomic E-state index is 5.60. The molecular weight excluding hydrogens is 190 g/mol. The Kier molecular flexibility index (Phi) is 2.60. The van der Waals surface area contributed by atoms with E-state index in [1.807, 2.05) is 23.9 Å². The number of furan rings is 1. The van der Waals surface area contributed by atoms with Gasteiger partial charge in [0, 0.05) is 23.9 Å². The third kappa shape index (κ3) is 1.68. The van der Waals surface area contributed by atoms with E-state index in [1.54, 1.807) is 6.26 Å². The zero-order chi connectivity index (χ0) is 10.8. The fourth-order valence-electron chi connectivity index (χ4n) is 1.68. The summed E-state index contributed by atoms with van der Waals surface area (Å²) in [6.07, 6.45) is 3.69. The predicted molar refractivity (Wildman–Crippen MR) is 58.2 cm³/mol. The molecule has 0 aliphatic carbocycles. The highest BCUT2D eigenvalue weighted by Gasteiger charge is 2.12. The van der Waals surface area contributed by atoms with Gasteiger partial charge in [-0.2, -0.15) is 5.10 Å². The Morgan fingerprint density at radius 2 is 2.27 bits per heavy atom. The van der Waals surface area contributed by atoms with Gasteiger partial charge in [0.25, 0.3) is 0 Å². The summed E-state index contributed by atoms with van der Waals surface area (Å²) < 4.78 is 7.22. The van der Waals surface area contributed by atoms with Crippen molar-refractivity contribution in [2.75, 3.05) is 0 Å². The Bertz CT molecular complexity index is 456. The topological polar surface area (TPSA) is 57.0 Å². The van der Waals surface area contributed by atoms with Crippen LogP contribution in [0.25, 0.3) is 11.1 Å². The number of hydrogen-bond donors (Lipinski definition) is 1. The average Bonchev–Trinajstić information content (AvgIpc) is 2.82. The molecule has 0 saturated heterocycles. The molecule has 0 aliphatic heterocycles. The van der Waals surface area contributed by atoms with Crippen molar-refractivity contribution < 1.29 is 4.42 Å². The van der Waals surface area contributed by atoms with Crippen molar-refractivity contribution in [2.24, 2.45) is 5.73 Å². The van der Waals surface area contributed by atoms with Crippen molar-refractivity contribution in [1.29, 1.82) is 0 Å². The molecule has 2 rings (SSSR count). The van der Waals surface area contributed by atoms with Crippen LogP contribution in [0.4, 0.5) is 0 Å². The Labute approximate surface area is 88.7 Å². The van der Waals surface area contributed by atoms with Gasteiger partial charge in [0.15, 0.2) is 0 Å². The van der Waals surface area contributed by atoms with Crippen molar-refractivity contribution in [3.05, 3.63) is 30.0 Å². The Hall–Kier alpha value is -1.55. The van der Waals surface area contributed by atoms with Gasteiger partial charge in [-0.1, -0.05) is 0 Å². The first-order valence-electron chi connectivity index (χ1n) is 5.07. The highest BCUT2D eigenvalue weighted by molar-refractivity contribution is 5.66. The first-order valence-corrected chi connectivity index (χ1v) is 5.07. The van der Waals surface area contributed by atoms with Gasteiger partial charge in [-0.05, 0) is 19.9 Å². The van der Waals surface area contributed by atoms with Gasteiger partial charge in [-0.25, -0.2) is 0 Å². The fraction of sp³-hybridized carbons (Fsp3) is 0.364. The molecule has 80 valence electrons. The molecule has 0 atom stereocenters. The minimum Gasteiger partial charge on any atom is -0.467 e. The quantitative estimate of drug-likeness (QED) is 0.833. The van der Waals surface area contributed by atoms with Gasteiger partial charge in [0.05, 0.1) is 18.5 Å². The van der Waals surface area contributed by atoms with E-state index in [2.05, 4.69) is 12.0 Å². The van der Waals surface area contributed by atoms with Gasteiger partial charge in [0.1, 0.15) is 5.76 Å². The number of nitrogens with zero attached hydrogens (tertiary/aromatic N) is 2. The van der Waals surface area contributed by atoms with Crippen LogP contribution in [0.1, 0.15) is 18.4 Å². The van der Waals surface area contributed by atoms with E-state index in [0.717, 1.165) is 29.1 Å². The van der Waals surface area contributed by atoms with Crippen LogP contribution in [0.3, 0.4) is 0 Å². The minimum atomic E-state index is 0.416. The van der Waals surface area contributed by atoms with E-state index in [9.17, 15) is 0 Å². The highest BCUT2D eigenvalue weighted by atomic mass is 16.3. The standard InChI is InChI=1S/C11H15N3O/c1-3-14-7-10(8(2)13-14)9-4-5-15-11(9)6-12/h4-5,7H,3,6,12H2,1-2H3. The Balaban J connectivity index is 2.48. The second-order valence-corrected chi connectivity index (χ2v) is 3.45. The van der Waals surface area contributed by atoms with E-state index < -0.39 is 0 Å². The Morgan fingerprint density at radius 1 is 1.47 bits per heavy atom. The lowest BCUT2D eigenvalue weighted by Crippen LogP contribution is -1.95. The van der Waals surface area contributed by atoms with Gasteiger partial charge < -0.3 is 10.2 Å². The fourth-order valence-corrected chi connectivity index (χ4v) is 1.68. The van der Waals surface area contributed by atoms with Crippen molar-refractivity contribution in [2.45, 2.75) is 26.9 Å². The SMILES string of the molecule is CCn1cc(-c2ccoc2CN)c(C)n1. The largest absolute Gasteiger partial charge is 0.467 e. The minimum absolute atomic E-state index is 0.416. The second kappa shape index (κ2) is 3.90. The van der Waals surface area contributed by atoms with Crippen LogP contribution < -0.4 is 5.73 Å². The van der Waals surface area contributed by atoms with Gasteiger partial charge in [0.2, 0.25) is 0 Å². The van der Waals surface area contributed by atoms with Crippen LogP contribution in [0, 0.1) is 6.92 Å². The summed E-state index contributed by atoms with van der Waals surface area (Å²) in [6, 6.07) is 1.94. The van der Waals surface area contributed by atoms with Crippen LogP contribution in [-0.2, 0) is 13.1 Å². The highest BCUT2D eigenvalue weighted by Crippen LogP contribution is 2.26. The summed E-state index contributed by atoms with van der Waals surface area (Å²) in [5, 5.41) is 4.39. The molecule has 0 aliphatic rings. The summed E-state index contributed by atoms with van der Waals surface area (Å²) in [5.41, 5.74) is 8.76. The van der Waals surface area contributed by atoms with Gasteiger partial charge in [-0.3, -0.25) is 4.68 Å². The molecule has 0 fully saturated rings. The van der Waals surface area contributed by atoms with E-state index in [-0.39, 0.29) is 0 Å². The molecule has 0 unspecified atom stereocenters. The number of aromatic nitrogens is 2. The van der Waals surface area contributed by atoms with Crippen molar-refractivity contribution >= 4 is 0 Å². The van der Waals surface area contributed by atoms with E-state index in [4.69, 9.17) is 10.2 Å². The first-order chi connectivity index (χ1) is 7.26. The zero-order valence-corrected chi connectivity index (χ0v) is 9.03. The second-order valence-electron chi connectivity index (χ2n) is 3.45. The van der Waals surface area contributed by atoms with Crippen LogP contribution in [0.5, 0.6) is 0 Å². The molecular formula is C11H15N3O. The van der Waals surface area contributed by atoms with Crippen LogP contribution >= 0.6 is 0 Å². The molecule has 2 aromatic heterocycles. The number of aryl methyl sites for hydroxylation is 2. The third-order valence-corrected chi connectivity index (χ3v) is 2.49.